The lowest BCUT2D eigenvalue weighted by Crippen LogP contribution is -2.48. The number of morpholine rings is 1. The highest BCUT2D eigenvalue weighted by Gasteiger charge is 2.23. The summed E-state index contributed by atoms with van der Waals surface area (Å²) in [5, 5.41) is 11.7. The van der Waals surface area contributed by atoms with Gasteiger partial charge in [0.05, 0.1) is 6.61 Å². The summed E-state index contributed by atoms with van der Waals surface area (Å²) in [6.45, 7) is 5.06. The third-order valence-electron chi connectivity index (χ3n) is 3.12. The molecule has 1 aromatic rings. The molecule has 1 unspecified atom stereocenters. The van der Waals surface area contributed by atoms with E-state index in [1.54, 1.807) is 0 Å². The Balaban J connectivity index is 1.95. The van der Waals surface area contributed by atoms with Crippen LogP contribution in [-0.2, 0) is 11.3 Å². The summed E-state index contributed by atoms with van der Waals surface area (Å²) in [5.74, 6) is 0.142. The molecule has 0 aromatic heterocycles. The van der Waals surface area contributed by atoms with Crippen LogP contribution in [-0.4, -0.2) is 41.7 Å². The third kappa shape index (κ3) is 3.21. The average molecular weight is 249 g/mol. The minimum atomic E-state index is -0.311. The summed E-state index contributed by atoms with van der Waals surface area (Å²) < 4.78 is 5.46. The molecule has 1 atom stereocenters. The molecule has 0 aliphatic carbocycles. The van der Waals surface area contributed by atoms with Crippen LogP contribution in [0.3, 0.4) is 0 Å². The number of amidine groups is 1. The molecule has 5 heteroatoms. The third-order valence-corrected chi connectivity index (χ3v) is 3.12. The van der Waals surface area contributed by atoms with Crippen molar-refractivity contribution >= 4 is 5.84 Å². The number of aryl methyl sites for hydroxylation is 1. The standard InChI is InChI=1S/C13H19N3O2/c1-10-2-4-11(5-3-10)8-16-6-7-18-12(9-16)13(14)15-17/h2-5,12,17H,6-9H2,1H3,(H2,14,15). The van der Waals surface area contributed by atoms with E-state index in [1.165, 1.54) is 11.1 Å². The number of hydrogen-bond donors (Lipinski definition) is 2. The van der Waals surface area contributed by atoms with Crippen molar-refractivity contribution in [3.05, 3.63) is 35.4 Å². The van der Waals surface area contributed by atoms with E-state index < -0.39 is 0 Å². The van der Waals surface area contributed by atoms with Gasteiger partial charge in [0.1, 0.15) is 6.10 Å². The smallest absolute Gasteiger partial charge is 0.169 e. The van der Waals surface area contributed by atoms with Crippen molar-refractivity contribution in [2.24, 2.45) is 10.9 Å². The Bertz CT molecular complexity index is 417. The largest absolute Gasteiger partial charge is 0.409 e. The lowest BCUT2D eigenvalue weighted by Gasteiger charge is -2.32. The highest BCUT2D eigenvalue weighted by atomic mass is 16.5. The van der Waals surface area contributed by atoms with E-state index in [2.05, 4.69) is 41.2 Å². The van der Waals surface area contributed by atoms with Crippen LogP contribution in [0.25, 0.3) is 0 Å². The molecule has 98 valence electrons. The first kappa shape index (κ1) is 12.9. The second kappa shape index (κ2) is 5.84. The number of benzene rings is 1. The van der Waals surface area contributed by atoms with Crippen molar-refractivity contribution in [2.45, 2.75) is 19.6 Å². The maximum Gasteiger partial charge on any atom is 0.169 e. The van der Waals surface area contributed by atoms with E-state index in [1.807, 2.05) is 0 Å². The minimum Gasteiger partial charge on any atom is -0.409 e. The van der Waals surface area contributed by atoms with E-state index in [-0.39, 0.29) is 11.9 Å². The van der Waals surface area contributed by atoms with Gasteiger partial charge in [0, 0.05) is 19.6 Å². The van der Waals surface area contributed by atoms with Gasteiger partial charge >= 0.3 is 0 Å². The number of rotatable bonds is 3. The molecular formula is C13H19N3O2. The van der Waals surface area contributed by atoms with Gasteiger partial charge in [-0.3, -0.25) is 4.90 Å². The quantitative estimate of drug-likeness (QED) is 0.362. The van der Waals surface area contributed by atoms with Crippen molar-refractivity contribution in [1.29, 1.82) is 0 Å². The fraction of sp³-hybridized carbons (Fsp3) is 0.462. The molecule has 3 N–H and O–H groups in total. The summed E-state index contributed by atoms with van der Waals surface area (Å²) in [6.07, 6.45) is -0.311. The Hall–Kier alpha value is -1.59. The van der Waals surface area contributed by atoms with Crippen LogP contribution in [0.4, 0.5) is 0 Å². The first-order valence-electron chi connectivity index (χ1n) is 6.06. The molecule has 1 aliphatic rings. The van der Waals surface area contributed by atoms with Crippen molar-refractivity contribution in [3.63, 3.8) is 0 Å². The van der Waals surface area contributed by atoms with Crippen molar-refractivity contribution in [3.8, 4) is 0 Å². The minimum absolute atomic E-state index is 0.142. The monoisotopic (exact) mass is 249 g/mol. The van der Waals surface area contributed by atoms with Gasteiger partial charge in [-0.05, 0) is 12.5 Å². The zero-order valence-electron chi connectivity index (χ0n) is 10.5. The molecule has 1 aromatic carbocycles. The van der Waals surface area contributed by atoms with Crippen molar-refractivity contribution < 1.29 is 9.94 Å². The van der Waals surface area contributed by atoms with Gasteiger partial charge in [-0.1, -0.05) is 35.0 Å². The van der Waals surface area contributed by atoms with E-state index in [9.17, 15) is 0 Å². The molecule has 0 radical (unpaired) electrons. The Morgan fingerprint density at radius 3 is 2.89 bits per heavy atom. The first-order valence-corrected chi connectivity index (χ1v) is 6.06. The number of oxime groups is 1. The average Bonchev–Trinajstić information content (AvgIpc) is 2.41. The van der Waals surface area contributed by atoms with Gasteiger partial charge in [-0.2, -0.15) is 0 Å². The molecule has 1 fully saturated rings. The predicted octanol–water partition coefficient (Wildman–Crippen LogP) is 0.942. The highest BCUT2D eigenvalue weighted by molar-refractivity contribution is 5.84. The van der Waals surface area contributed by atoms with Crippen LogP contribution in [0.2, 0.25) is 0 Å². The Morgan fingerprint density at radius 2 is 2.22 bits per heavy atom. The van der Waals surface area contributed by atoms with Gasteiger partial charge in [0.25, 0.3) is 0 Å². The van der Waals surface area contributed by atoms with Gasteiger partial charge in [0.2, 0.25) is 0 Å². The molecular weight excluding hydrogens is 230 g/mol. The van der Waals surface area contributed by atoms with Gasteiger partial charge in [0.15, 0.2) is 5.84 Å². The number of hydrogen-bond acceptors (Lipinski definition) is 4. The SMILES string of the molecule is Cc1ccc(CN2CCOC(C(N)=NO)C2)cc1. The summed E-state index contributed by atoms with van der Waals surface area (Å²) in [5.41, 5.74) is 8.10. The molecule has 5 nitrogen and oxygen atoms in total. The van der Waals surface area contributed by atoms with E-state index in [4.69, 9.17) is 15.7 Å². The number of nitrogens with two attached hydrogens (primary N) is 1. The fourth-order valence-corrected chi connectivity index (χ4v) is 2.04. The zero-order valence-corrected chi connectivity index (χ0v) is 10.5. The number of nitrogens with zero attached hydrogens (tertiary/aromatic N) is 2. The Morgan fingerprint density at radius 1 is 1.50 bits per heavy atom. The van der Waals surface area contributed by atoms with Crippen LogP contribution in [0.5, 0.6) is 0 Å². The van der Waals surface area contributed by atoms with Crippen molar-refractivity contribution in [1.82, 2.24) is 4.90 Å². The fourth-order valence-electron chi connectivity index (χ4n) is 2.04. The van der Waals surface area contributed by atoms with Gasteiger partial charge < -0.3 is 15.7 Å². The zero-order chi connectivity index (χ0) is 13.0. The Labute approximate surface area is 107 Å². The molecule has 0 amide bonds. The Kier molecular flexibility index (Phi) is 4.17. The molecule has 2 rings (SSSR count). The highest BCUT2D eigenvalue weighted by Crippen LogP contribution is 2.11. The lowest BCUT2D eigenvalue weighted by atomic mass is 10.1. The van der Waals surface area contributed by atoms with Gasteiger partial charge in [-0.25, -0.2) is 0 Å². The van der Waals surface area contributed by atoms with Crippen LogP contribution < -0.4 is 5.73 Å². The predicted molar refractivity (Wildman–Crippen MR) is 69.6 cm³/mol. The summed E-state index contributed by atoms with van der Waals surface area (Å²) in [4.78, 5) is 2.25. The van der Waals surface area contributed by atoms with Crippen LogP contribution in [0.1, 0.15) is 11.1 Å². The molecule has 0 saturated carbocycles. The molecule has 18 heavy (non-hydrogen) atoms. The van der Waals surface area contributed by atoms with E-state index >= 15 is 0 Å². The second-order valence-corrected chi connectivity index (χ2v) is 4.61. The molecule has 1 aliphatic heterocycles. The summed E-state index contributed by atoms with van der Waals surface area (Å²) >= 11 is 0. The molecule has 0 bridgehead atoms. The number of ether oxygens (including phenoxy) is 1. The van der Waals surface area contributed by atoms with Gasteiger partial charge in [-0.15, -0.1) is 0 Å². The van der Waals surface area contributed by atoms with E-state index in [0.29, 0.717) is 13.2 Å². The maximum absolute atomic E-state index is 8.66. The summed E-state index contributed by atoms with van der Waals surface area (Å²) in [7, 11) is 0. The van der Waals surface area contributed by atoms with E-state index in [0.717, 1.165) is 13.1 Å². The second-order valence-electron chi connectivity index (χ2n) is 4.61. The molecule has 0 spiro atoms. The molecule has 1 heterocycles. The first-order chi connectivity index (χ1) is 8.69. The summed E-state index contributed by atoms with van der Waals surface area (Å²) in [6, 6.07) is 8.47. The normalized spacial score (nSPS) is 22.1. The van der Waals surface area contributed by atoms with Crippen LogP contribution in [0.15, 0.2) is 29.4 Å². The topological polar surface area (TPSA) is 71.1 Å². The van der Waals surface area contributed by atoms with Crippen LogP contribution in [0, 0.1) is 6.92 Å². The van der Waals surface area contributed by atoms with Crippen LogP contribution >= 0.6 is 0 Å². The van der Waals surface area contributed by atoms with Crippen molar-refractivity contribution in [2.75, 3.05) is 19.7 Å². The maximum atomic E-state index is 8.66. The molecule has 1 saturated heterocycles. The lowest BCUT2D eigenvalue weighted by molar-refractivity contribution is 0.00141.